The summed E-state index contributed by atoms with van der Waals surface area (Å²) in [7, 11) is 0. The maximum absolute atomic E-state index is 12.3. The normalized spacial score (nSPS) is 17.1. The fraction of sp³-hybridized carbons (Fsp3) is 0.571. The highest BCUT2D eigenvalue weighted by molar-refractivity contribution is 5.85. The minimum atomic E-state index is -4.64. The van der Waals surface area contributed by atoms with Gasteiger partial charge in [0, 0.05) is 32.2 Å². The maximum Gasteiger partial charge on any atom is 0.573 e. The van der Waals surface area contributed by atoms with Crippen LogP contribution in [-0.4, -0.2) is 37.4 Å². The second kappa shape index (κ2) is 9.45. The molecule has 0 aromatic heterocycles. The van der Waals surface area contributed by atoms with Crippen LogP contribution in [0, 0.1) is 0 Å². The second-order valence-electron chi connectivity index (χ2n) is 4.83. The van der Waals surface area contributed by atoms with E-state index in [-0.39, 0.29) is 36.6 Å². The number of ether oxygens (including phenoxy) is 1. The Balaban J connectivity index is 0.00000220. The lowest BCUT2D eigenvalue weighted by atomic mass is 10.0. The number of nitrogens with zero attached hydrogens (tertiary/aromatic N) is 1. The molecule has 2 rings (SSSR count). The summed E-state index contributed by atoms with van der Waals surface area (Å²) in [5.41, 5.74) is 0.871. The number of halogens is 5. The zero-order chi connectivity index (χ0) is 14.6. The molecule has 3 nitrogen and oxygen atoms in total. The molecule has 22 heavy (non-hydrogen) atoms. The van der Waals surface area contributed by atoms with Gasteiger partial charge in [0.1, 0.15) is 5.75 Å². The third-order valence-corrected chi connectivity index (χ3v) is 3.46. The summed E-state index contributed by atoms with van der Waals surface area (Å²) in [6.07, 6.45) is -3.79. The number of nitrogens with one attached hydrogen (secondary N) is 1. The van der Waals surface area contributed by atoms with E-state index in [4.69, 9.17) is 0 Å². The Morgan fingerprint density at radius 2 is 1.86 bits per heavy atom. The third kappa shape index (κ3) is 6.20. The topological polar surface area (TPSA) is 24.5 Å². The SMILES string of the molecule is CC[C@H](c1cccc(OC(F)(F)F)c1)N1CCNCC1.Cl.Cl. The Hall–Kier alpha value is -0.690. The van der Waals surface area contributed by atoms with Gasteiger partial charge in [0.15, 0.2) is 0 Å². The van der Waals surface area contributed by atoms with E-state index in [0.717, 1.165) is 38.2 Å². The zero-order valence-electron chi connectivity index (χ0n) is 12.2. The standard InChI is InChI=1S/C14H19F3N2O.2ClH/c1-2-13(19-8-6-18-7-9-19)11-4-3-5-12(10-11)20-14(15,16)17;;/h3-5,10,13,18H,2,6-9H2,1H3;2*1H/t13-;;/m1../s1. The summed E-state index contributed by atoms with van der Waals surface area (Å²) in [5, 5.41) is 3.27. The van der Waals surface area contributed by atoms with Crippen LogP contribution in [-0.2, 0) is 0 Å². The minimum Gasteiger partial charge on any atom is -0.406 e. The number of rotatable bonds is 4. The summed E-state index contributed by atoms with van der Waals surface area (Å²) in [5.74, 6) is -0.149. The molecule has 1 N–H and O–H groups in total. The Kier molecular flexibility index (Phi) is 9.15. The van der Waals surface area contributed by atoms with Gasteiger partial charge in [-0.2, -0.15) is 0 Å². The highest BCUT2D eigenvalue weighted by atomic mass is 35.5. The molecule has 0 spiro atoms. The van der Waals surface area contributed by atoms with E-state index >= 15 is 0 Å². The van der Waals surface area contributed by atoms with Crippen LogP contribution < -0.4 is 10.1 Å². The van der Waals surface area contributed by atoms with Crippen molar-refractivity contribution in [1.29, 1.82) is 0 Å². The van der Waals surface area contributed by atoms with Gasteiger partial charge in [-0.25, -0.2) is 0 Å². The van der Waals surface area contributed by atoms with E-state index in [2.05, 4.69) is 15.0 Å². The number of alkyl halides is 3. The van der Waals surface area contributed by atoms with Crippen LogP contribution in [0.25, 0.3) is 0 Å². The van der Waals surface area contributed by atoms with Gasteiger partial charge in [0.05, 0.1) is 0 Å². The van der Waals surface area contributed by atoms with Crippen molar-refractivity contribution in [3.05, 3.63) is 29.8 Å². The fourth-order valence-corrected chi connectivity index (χ4v) is 2.62. The van der Waals surface area contributed by atoms with Crippen LogP contribution in [0.2, 0.25) is 0 Å². The molecule has 1 aliphatic heterocycles. The Bertz CT molecular complexity index is 440. The molecular formula is C14H21Cl2F3N2O. The quantitative estimate of drug-likeness (QED) is 0.883. The first-order valence-corrected chi connectivity index (χ1v) is 6.80. The van der Waals surface area contributed by atoms with Crippen molar-refractivity contribution in [2.24, 2.45) is 0 Å². The molecule has 1 aromatic rings. The van der Waals surface area contributed by atoms with Crippen LogP contribution in [0.4, 0.5) is 13.2 Å². The molecule has 1 atom stereocenters. The number of hydrogen-bond donors (Lipinski definition) is 1. The van der Waals surface area contributed by atoms with Gasteiger partial charge in [0.25, 0.3) is 0 Å². The van der Waals surface area contributed by atoms with Gasteiger partial charge in [-0.1, -0.05) is 19.1 Å². The average molecular weight is 361 g/mol. The summed E-state index contributed by atoms with van der Waals surface area (Å²) in [6.45, 7) is 5.68. The number of hydrogen-bond acceptors (Lipinski definition) is 3. The second-order valence-corrected chi connectivity index (χ2v) is 4.83. The van der Waals surface area contributed by atoms with Gasteiger partial charge < -0.3 is 10.1 Å². The van der Waals surface area contributed by atoms with Crippen molar-refractivity contribution in [2.45, 2.75) is 25.7 Å². The number of benzene rings is 1. The molecule has 0 bridgehead atoms. The molecule has 0 saturated carbocycles. The van der Waals surface area contributed by atoms with E-state index in [0.29, 0.717) is 0 Å². The van der Waals surface area contributed by atoms with E-state index in [1.807, 2.05) is 13.0 Å². The molecule has 8 heteroatoms. The summed E-state index contributed by atoms with van der Waals surface area (Å²) < 4.78 is 40.8. The highest BCUT2D eigenvalue weighted by Gasteiger charge is 2.31. The predicted octanol–water partition coefficient (Wildman–Crippen LogP) is 3.79. The van der Waals surface area contributed by atoms with Gasteiger partial charge in [-0.3, -0.25) is 4.90 Å². The van der Waals surface area contributed by atoms with Crippen LogP contribution in [0.15, 0.2) is 24.3 Å². The smallest absolute Gasteiger partial charge is 0.406 e. The van der Waals surface area contributed by atoms with Crippen LogP contribution in [0.3, 0.4) is 0 Å². The van der Waals surface area contributed by atoms with E-state index in [1.54, 1.807) is 6.07 Å². The van der Waals surface area contributed by atoms with Crippen molar-refractivity contribution in [2.75, 3.05) is 26.2 Å². The molecule has 0 unspecified atom stereocenters. The minimum absolute atomic E-state index is 0. The largest absolute Gasteiger partial charge is 0.573 e. The Morgan fingerprint density at radius 3 is 2.41 bits per heavy atom. The molecule has 1 aliphatic rings. The molecule has 1 heterocycles. The van der Waals surface area contributed by atoms with Crippen LogP contribution in [0.5, 0.6) is 5.75 Å². The number of piperazine rings is 1. The van der Waals surface area contributed by atoms with Crippen molar-refractivity contribution in [3.8, 4) is 5.75 Å². The van der Waals surface area contributed by atoms with E-state index < -0.39 is 6.36 Å². The van der Waals surface area contributed by atoms with Gasteiger partial charge in [-0.05, 0) is 24.1 Å². The van der Waals surface area contributed by atoms with E-state index in [9.17, 15) is 13.2 Å². The van der Waals surface area contributed by atoms with Gasteiger partial charge >= 0.3 is 6.36 Å². The van der Waals surface area contributed by atoms with Crippen LogP contribution >= 0.6 is 24.8 Å². The van der Waals surface area contributed by atoms with Gasteiger partial charge in [0.2, 0.25) is 0 Å². The molecule has 1 saturated heterocycles. The summed E-state index contributed by atoms with van der Waals surface area (Å²) in [4.78, 5) is 2.29. The average Bonchev–Trinajstić information content (AvgIpc) is 2.39. The summed E-state index contributed by atoms with van der Waals surface area (Å²) >= 11 is 0. The first kappa shape index (κ1) is 21.3. The lowest BCUT2D eigenvalue weighted by Gasteiger charge is -2.34. The fourth-order valence-electron chi connectivity index (χ4n) is 2.62. The molecule has 128 valence electrons. The van der Waals surface area contributed by atoms with Crippen molar-refractivity contribution < 1.29 is 17.9 Å². The van der Waals surface area contributed by atoms with Crippen molar-refractivity contribution >= 4 is 24.8 Å². The first-order chi connectivity index (χ1) is 9.49. The maximum atomic E-state index is 12.3. The zero-order valence-corrected chi connectivity index (χ0v) is 13.9. The molecule has 0 aliphatic carbocycles. The van der Waals surface area contributed by atoms with Crippen LogP contribution in [0.1, 0.15) is 24.9 Å². The molecule has 0 amide bonds. The first-order valence-electron chi connectivity index (χ1n) is 6.80. The molecule has 1 fully saturated rings. The molecule has 0 radical (unpaired) electrons. The molecule has 1 aromatic carbocycles. The van der Waals surface area contributed by atoms with Crippen molar-refractivity contribution in [1.82, 2.24) is 10.2 Å². The lowest BCUT2D eigenvalue weighted by molar-refractivity contribution is -0.274. The predicted molar refractivity (Wildman–Crippen MR) is 85.1 cm³/mol. The summed E-state index contributed by atoms with van der Waals surface area (Å²) in [6, 6.07) is 6.43. The highest BCUT2D eigenvalue weighted by Crippen LogP contribution is 2.29. The Labute approximate surface area is 141 Å². The third-order valence-electron chi connectivity index (χ3n) is 3.46. The van der Waals surface area contributed by atoms with E-state index in [1.165, 1.54) is 12.1 Å². The molecular weight excluding hydrogens is 340 g/mol. The monoisotopic (exact) mass is 360 g/mol. The van der Waals surface area contributed by atoms with Crippen molar-refractivity contribution in [3.63, 3.8) is 0 Å². The lowest BCUT2D eigenvalue weighted by Crippen LogP contribution is -2.45. The van der Waals surface area contributed by atoms with Gasteiger partial charge in [-0.15, -0.1) is 38.0 Å². The Morgan fingerprint density at radius 1 is 1.23 bits per heavy atom.